The lowest BCUT2D eigenvalue weighted by molar-refractivity contribution is -0.120. The number of sulfone groups is 1. The molecule has 0 aromatic carbocycles. The molecule has 3 heterocycles. The fourth-order valence-corrected chi connectivity index (χ4v) is 6.72. The van der Waals surface area contributed by atoms with Crippen LogP contribution in [0, 0.1) is 20.8 Å². The Morgan fingerprint density at radius 2 is 2.04 bits per heavy atom. The maximum absolute atomic E-state index is 12.5. The van der Waals surface area contributed by atoms with E-state index in [4.69, 9.17) is 0 Å². The summed E-state index contributed by atoms with van der Waals surface area (Å²) in [6.07, 6.45) is 0.491. The van der Waals surface area contributed by atoms with Crippen LogP contribution in [0.4, 0.5) is 0 Å². The highest BCUT2D eigenvalue weighted by molar-refractivity contribution is 8.00. The Bertz CT molecular complexity index is 937. The number of thioether (sulfide) groups is 1. The molecule has 0 spiro atoms. The lowest BCUT2D eigenvalue weighted by atomic mass is 10.2. The van der Waals surface area contributed by atoms with Crippen molar-refractivity contribution in [2.45, 2.75) is 50.4 Å². The molecule has 6 nitrogen and oxygen atoms in total. The molecule has 1 aliphatic heterocycles. The second kappa shape index (κ2) is 6.85. The molecule has 25 heavy (non-hydrogen) atoms. The minimum absolute atomic E-state index is 0.0375. The topological polar surface area (TPSA) is 89.0 Å². The quantitative estimate of drug-likeness (QED) is 0.627. The molecule has 9 heteroatoms. The molecule has 1 aliphatic rings. The van der Waals surface area contributed by atoms with E-state index in [-0.39, 0.29) is 28.7 Å². The van der Waals surface area contributed by atoms with E-state index in [0.29, 0.717) is 12.2 Å². The van der Waals surface area contributed by atoms with E-state index < -0.39 is 9.84 Å². The number of aromatic nitrogens is 2. The molecule has 0 bridgehead atoms. The van der Waals surface area contributed by atoms with Crippen molar-refractivity contribution in [3.8, 4) is 0 Å². The maximum Gasteiger partial charge on any atom is 0.233 e. The van der Waals surface area contributed by atoms with E-state index in [9.17, 15) is 13.2 Å². The van der Waals surface area contributed by atoms with Crippen LogP contribution in [0.1, 0.15) is 29.6 Å². The second-order valence-corrected chi connectivity index (χ2v) is 11.2. The van der Waals surface area contributed by atoms with Crippen molar-refractivity contribution in [2.24, 2.45) is 0 Å². The molecule has 1 N–H and O–H groups in total. The first-order chi connectivity index (χ1) is 11.7. The van der Waals surface area contributed by atoms with Gasteiger partial charge in [-0.3, -0.25) is 4.79 Å². The van der Waals surface area contributed by atoms with Crippen molar-refractivity contribution in [3.05, 3.63) is 16.3 Å². The summed E-state index contributed by atoms with van der Waals surface area (Å²) in [4.78, 5) is 23.6. The Kier molecular flexibility index (Phi) is 5.09. The summed E-state index contributed by atoms with van der Waals surface area (Å²) in [5.41, 5.74) is 1.15. The first kappa shape index (κ1) is 18.6. The molecule has 2 aromatic rings. The molecule has 0 saturated carbocycles. The number of rotatable bonds is 4. The number of amides is 1. The van der Waals surface area contributed by atoms with E-state index in [1.807, 2.05) is 20.8 Å². The first-order valence-corrected chi connectivity index (χ1v) is 11.6. The van der Waals surface area contributed by atoms with Crippen LogP contribution in [-0.2, 0) is 14.6 Å². The molecule has 136 valence electrons. The molecule has 0 aliphatic carbocycles. The Balaban J connectivity index is 1.77. The van der Waals surface area contributed by atoms with Crippen LogP contribution in [0.2, 0.25) is 0 Å². The Morgan fingerprint density at radius 1 is 1.32 bits per heavy atom. The maximum atomic E-state index is 12.5. The Morgan fingerprint density at radius 3 is 2.68 bits per heavy atom. The molecular formula is C16H21N3O3S3. The van der Waals surface area contributed by atoms with Crippen molar-refractivity contribution < 1.29 is 13.2 Å². The molecule has 2 atom stereocenters. The monoisotopic (exact) mass is 399 g/mol. The third-order valence-corrected chi connectivity index (χ3v) is 8.30. The van der Waals surface area contributed by atoms with Gasteiger partial charge in [0.25, 0.3) is 0 Å². The van der Waals surface area contributed by atoms with Gasteiger partial charge in [0.1, 0.15) is 15.7 Å². The zero-order chi connectivity index (χ0) is 18.4. The van der Waals surface area contributed by atoms with Crippen LogP contribution in [-0.4, -0.2) is 47.1 Å². The molecule has 0 unspecified atom stereocenters. The third kappa shape index (κ3) is 3.98. The number of nitrogens with one attached hydrogen (secondary N) is 1. The van der Waals surface area contributed by atoms with Gasteiger partial charge < -0.3 is 5.32 Å². The number of fused-ring (bicyclic) bond motifs is 1. The molecule has 0 radical (unpaired) electrons. The fraction of sp³-hybridized carbons (Fsp3) is 0.562. The normalized spacial score (nSPS) is 20.7. The smallest absolute Gasteiger partial charge is 0.233 e. The number of aryl methyl sites for hydroxylation is 3. The van der Waals surface area contributed by atoms with E-state index in [1.54, 1.807) is 11.3 Å². The number of thiophene rings is 1. The van der Waals surface area contributed by atoms with Crippen molar-refractivity contribution in [3.63, 3.8) is 0 Å². The summed E-state index contributed by atoms with van der Waals surface area (Å²) >= 11 is 3.04. The zero-order valence-electron chi connectivity index (χ0n) is 14.6. The summed E-state index contributed by atoms with van der Waals surface area (Å²) < 4.78 is 23.1. The van der Waals surface area contributed by atoms with Crippen molar-refractivity contribution in [1.82, 2.24) is 15.3 Å². The Labute approximate surface area is 155 Å². The SMILES string of the molecule is Cc1nc(S[C@H](C)C(=O)N[C@H]2CCS(=O)(=O)C2)c2c(C)c(C)sc2n1. The van der Waals surface area contributed by atoms with Gasteiger partial charge in [-0.2, -0.15) is 0 Å². The highest BCUT2D eigenvalue weighted by atomic mass is 32.2. The standard InChI is InChI=1S/C16H21N3O3S3/c1-8-9(2)23-15-13(8)16(18-11(4)17-15)24-10(3)14(20)19-12-5-6-25(21,22)7-12/h10,12H,5-7H2,1-4H3,(H,19,20)/t10-,12+/m1/s1. The second-order valence-electron chi connectivity index (χ2n) is 6.41. The molecule has 1 saturated heterocycles. The summed E-state index contributed by atoms with van der Waals surface area (Å²) in [5.74, 6) is 0.723. The number of nitrogens with zero attached hydrogens (tertiary/aromatic N) is 2. The molecule has 2 aromatic heterocycles. The summed E-state index contributed by atoms with van der Waals surface area (Å²) in [7, 11) is -3.00. The number of carbonyl (C=O) groups is 1. The molecule has 1 fully saturated rings. The number of carbonyl (C=O) groups excluding carboxylic acids is 1. The van der Waals surface area contributed by atoms with Crippen LogP contribution in [0.5, 0.6) is 0 Å². The van der Waals surface area contributed by atoms with E-state index in [1.165, 1.54) is 16.6 Å². The van der Waals surface area contributed by atoms with E-state index in [2.05, 4.69) is 22.2 Å². The molecule has 1 amide bonds. The highest BCUT2D eigenvalue weighted by Crippen LogP contribution is 2.36. The minimum Gasteiger partial charge on any atom is -0.351 e. The number of hydrogen-bond donors (Lipinski definition) is 1. The van der Waals surface area contributed by atoms with Crippen LogP contribution in [0.15, 0.2) is 5.03 Å². The van der Waals surface area contributed by atoms with Crippen molar-refractivity contribution in [2.75, 3.05) is 11.5 Å². The highest BCUT2D eigenvalue weighted by Gasteiger charge is 2.30. The summed E-state index contributed by atoms with van der Waals surface area (Å²) in [6, 6.07) is -0.280. The lowest BCUT2D eigenvalue weighted by Crippen LogP contribution is -2.39. The molecule has 3 rings (SSSR count). The van der Waals surface area contributed by atoms with E-state index in [0.717, 1.165) is 20.8 Å². The summed E-state index contributed by atoms with van der Waals surface area (Å²) in [6.45, 7) is 7.77. The van der Waals surface area contributed by atoms with Crippen molar-refractivity contribution >= 4 is 49.1 Å². The third-order valence-electron chi connectivity index (χ3n) is 4.34. The van der Waals surface area contributed by atoms with Gasteiger partial charge >= 0.3 is 0 Å². The van der Waals surface area contributed by atoms with Crippen LogP contribution in [0.25, 0.3) is 10.2 Å². The number of hydrogen-bond acceptors (Lipinski definition) is 7. The average Bonchev–Trinajstić information content (AvgIpc) is 2.98. The Hall–Kier alpha value is -1.19. The van der Waals surface area contributed by atoms with Crippen molar-refractivity contribution in [1.29, 1.82) is 0 Å². The van der Waals surface area contributed by atoms with Gasteiger partial charge in [-0.15, -0.1) is 11.3 Å². The predicted molar refractivity (Wildman–Crippen MR) is 102 cm³/mol. The first-order valence-electron chi connectivity index (χ1n) is 8.08. The predicted octanol–water partition coefficient (Wildman–Crippen LogP) is 2.40. The zero-order valence-corrected chi connectivity index (χ0v) is 17.1. The van der Waals surface area contributed by atoms with Gasteiger partial charge in [-0.1, -0.05) is 11.8 Å². The fourth-order valence-electron chi connectivity index (χ4n) is 2.85. The van der Waals surface area contributed by atoms with E-state index >= 15 is 0 Å². The minimum atomic E-state index is -3.00. The lowest BCUT2D eigenvalue weighted by Gasteiger charge is -2.16. The van der Waals surface area contributed by atoms with Gasteiger partial charge in [-0.25, -0.2) is 18.4 Å². The van der Waals surface area contributed by atoms with Gasteiger partial charge in [0.05, 0.1) is 16.8 Å². The largest absolute Gasteiger partial charge is 0.351 e. The van der Waals surface area contributed by atoms with Crippen LogP contribution >= 0.6 is 23.1 Å². The van der Waals surface area contributed by atoms with Gasteiger partial charge in [0.15, 0.2) is 9.84 Å². The molecular weight excluding hydrogens is 378 g/mol. The van der Waals surface area contributed by atoms with Crippen LogP contribution < -0.4 is 5.32 Å². The van der Waals surface area contributed by atoms with Gasteiger partial charge in [0, 0.05) is 16.3 Å². The average molecular weight is 400 g/mol. The van der Waals surface area contributed by atoms with Gasteiger partial charge in [-0.05, 0) is 39.7 Å². The summed E-state index contributed by atoms with van der Waals surface area (Å²) in [5, 5.41) is 4.32. The van der Waals surface area contributed by atoms with Gasteiger partial charge in [0.2, 0.25) is 5.91 Å². The van der Waals surface area contributed by atoms with Crippen LogP contribution in [0.3, 0.4) is 0 Å².